The minimum Gasteiger partial charge on any atom is -0.480 e. The Labute approximate surface area is 100 Å². The normalized spacial score (nSPS) is 11.9. The van der Waals surface area contributed by atoms with Crippen molar-refractivity contribution in [1.29, 1.82) is 5.26 Å². The fourth-order valence-corrected chi connectivity index (χ4v) is 1.40. The molecule has 1 rings (SSSR count). The third-order valence-corrected chi connectivity index (χ3v) is 2.44. The van der Waals surface area contributed by atoms with Crippen molar-refractivity contribution in [3.05, 3.63) is 23.4 Å². The molecule has 0 aromatic carbocycles. The van der Waals surface area contributed by atoms with Crippen LogP contribution in [0.3, 0.4) is 0 Å². The average molecular weight is 233 g/mol. The number of aliphatic carboxylic acids is 1. The van der Waals surface area contributed by atoms with E-state index in [9.17, 15) is 4.79 Å². The second-order valence-electron chi connectivity index (χ2n) is 4.18. The third-order valence-electron chi connectivity index (χ3n) is 2.44. The zero-order chi connectivity index (χ0) is 13.0. The molecule has 0 saturated carbocycles. The van der Waals surface area contributed by atoms with Gasteiger partial charge in [-0.05, 0) is 24.5 Å². The van der Waals surface area contributed by atoms with Crippen molar-refractivity contribution in [2.45, 2.75) is 26.8 Å². The van der Waals surface area contributed by atoms with Gasteiger partial charge in [-0.25, -0.2) is 9.78 Å². The van der Waals surface area contributed by atoms with Crippen molar-refractivity contribution in [1.82, 2.24) is 4.98 Å². The van der Waals surface area contributed by atoms with E-state index in [0.717, 1.165) is 5.56 Å². The van der Waals surface area contributed by atoms with E-state index in [1.165, 1.54) is 0 Å². The number of nitrogens with one attached hydrogen (secondary N) is 1. The van der Waals surface area contributed by atoms with Crippen LogP contribution in [0.5, 0.6) is 0 Å². The van der Waals surface area contributed by atoms with Gasteiger partial charge >= 0.3 is 5.97 Å². The summed E-state index contributed by atoms with van der Waals surface area (Å²) < 4.78 is 0. The molecule has 1 aromatic rings. The SMILES string of the molecule is Cc1ccc(N[C@H](C(=O)O)C(C)C)nc1C#N. The number of aromatic nitrogens is 1. The van der Waals surface area contributed by atoms with E-state index in [1.54, 1.807) is 19.1 Å². The van der Waals surface area contributed by atoms with Gasteiger partial charge in [0.1, 0.15) is 23.6 Å². The summed E-state index contributed by atoms with van der Waals surface area (Å²) in [6.45, 7) is 5.41. The lowest BCUT2D eigenvalue weighted by Crippen LogP contribution is -2.34. The summed E-state index contributed by atoms with van der Waals surface area (Å²) in [5.74, 6) is -0.588. The van der Waals surface area contributed by atoms with Crippen LogP contribution < -0.4 is 5.32 Å². The molecule has 1 aromatic heterocycles. The molecular weight excluding hydrogens is 218 g/mol. The van der Waals surface area contributed by atoms with Crippen molar-refractivity contribution < 1.29 is 9.90 Å². The van der Waals surface area contributed by atoms with E-state index in [0.29, 0.717) is 11.5 Å². The lowest BCUT2D eigenvalue weighted by Gasteiger charge is -2.18. The van der Waals surface area contributed by atoms with Crippen molar-refractivity contribution in [2.24, 2.45) is 5.92 Å². The van der Waals surface area contributed by atoms with Crippen LogP contribution in [0.15, 0.2) is 12.1 Å². The number of carboxylic acid groups (broad SMARTS) is 1. The van der Waals surface area contributed by atoms with Gasteiger partial charge in [-0.2, -0.15) is 5.26 Å². The highest BCUT2D eigenvalue weighted by Crippen LogP contribution is 2.13. The van der Waals surface area contributed by atoms with Gasteiger partial charge in [0.25, 0.3) is 0 Å². The Hall–Kier alpha value is -2.09. The second-order valence-corrected chi connectivity index (χ2v) is 4.18. The molecule has 0 aliphatic heterocycles. The first-order valence-electron chi connectivity index (χ1n) is 5.32. The van der Waals surface area contributed by atoms with Crippen molar-refractivity contribution in [2.75, 3.05) is 5.32 Å². The number of carbonyl (C=O) groups is 1. The minimum absolute atomic E-state index is 0.0684. The Bertz CT molecular complexity index is 463. The summed E-state index contributed by atoms with van der Waals surface area (Å²) in [6.07, 6.45) is 0. The molecule has 5 nitrogen and oxygen atoms in total. The fourth-order valence-electron chi connectivity index (χ4n) is 1.40. The van der Waals surface area contributed by atoms with Crippen molar-refractivity contribution in [3.8, 4) is 6.07 Å². The molecule has 0 unspecified atom stereocenters. The van der Waals surface area contributed by atoms with Gasteiger partial charge in [0.2, 0.25) is 0 Å². The molecular formula is C12H15N3O2. The molecule has 0 spiro atoms. The fraction of sp³-hybridized carbons (Fsp3) is 0.417. The number of aryl methyl sites for hydroxylation is 1. The van der Waals surface area contributed by atoms with E-state index < -0.39 is 12.0 Å². The van der Waals surface area contributed by atoms with E-state index in [2.05, 4.69) is 10.3 Å². The van der Waals surface area contributed by atoms with E-state index >= 15 is 0 Å². The summed E-state index contributed by atoms with van der Waals surface area (Å²) in [6, 6.07) is 4.68. The van der Waals surface area contributed by atoms with Crippen LogP contribution in [-0.4, -0.2) is 22.1 Å². The molecule has 90 valence electrons. The lowest BCUT2D eigenvalue weighted by molar-refractivity contribution is -0.138. The Kier molecular flexibility index (Phi) is 4.05. The van der Waals surface area contributed by atoms with Gasteiger partial charge in [-0.3, -0.25) is 0 Å². The molecule has 1 atom stereocenters. The monoisotopic (exact) mass is 233 g/mol. The van der Waals surface area contributed by atoms with Crippen molar-refractivity contribution in [3.63, 3.8) is 0 Å². The van der Waals surface area contributed by atoms with Crippen LogP contribution in [0.1, 0.15) is 25.1 Å². The quantitative estimate of drug-likeness (QED) is 0.827. The van der Waals surface area contributed by atoms with Gasteiger partial charge in [0.05, 0.1) is 0 Å². The molecule has 17 heavy (non-hydrogen) atoms. The predicted octanol–water partition coefficient (Wildman–Crippen LogP) is 1.78. The summed E-state index contributed by atoms with van der Waals surface area (Å²) >= 11 is 0. The molecule has 0 radical (unpaired) electrons. The Morgan fingerprint density at radius 3 is 2.65 bits per heavy atom. The number of hydrogen-bond acceptors (Lipinski definition) is 4. The number of pyridine rings is 1. The summed E-state index contributed by atoms with van der Waals surface area (Å²) in [4.78, 5) is 15.1. The highest BCUT2D eigenvalue weighted by atomic mass is 16.4. The Balaban J connectivity index is 2.95. The molecule has 0 aliphatic rings. The van der Waals surface area contributed by atoms with Crippen LogP contribution >= 0.6 is 0 Å². The van der Waals surface area contributed by atoms with Gasteiger partial charge in [0.15, 0.2) is 0 Å². The van der Waals surface area contributed by atoms with Crippen LogP contribution in [-0.2, 0) is 4.79 Å². The maximum Gasteiger partial charge on any atom is 0.326 e. The van der Waals surface area contributed by atoms with Crippen LogP contribution in [0.4, 0.5) is 5.82 Å². The van der Waals surface area contributed by atoms with Crippen LogP contribution in [0.2, 0.25) is 0 Å². The molecule has 0 fully saturated rings. The van der Waals surface area contributed by atoms with Crippen molar-refractivity contribution >= 4 is 11.8 Å². The Morgan fingerprint density at radius 1 is 1.53 bits per heavy atom. The highest BCUT2D eigenvalue weighted by Gasteiger charge is 2.21. The smallest absolute Gasteiger partial charge is 0.326 e. The second kappa shape index (κ2) is 5.30. The number of nitriles is 1. The number of rotatable bonds is 4. The van der Waals surface area contributed by atoms with Gasteiger partial charge in [0, 0.05) is 0 Å². The topological polar surface area (TPSA) is 86.0 Å². The summed E-state index contributed by atoms with van der Waals surface area (Å²) in [7, 11) is 0. The lowest BCUT2D eigenvalue weighted by atomic mass is 10.0. The highest BCUT2D eigenvalue weighted by molar-refractivity contribution is 5.77. The summed E-state index contributed by atoms with van der Waals surface area (Å²) in [5.41, 5.74) is 1.08. The molecule has 5 heteroatoms. The van der Waals surface area contributed by atoms with Gasteiger partial charge in [-0.1, -0.05) is 19.9 Å². The first-order chi connectivity index (χ1) is 7.95. The Morgan fingerprint density at radius 2 is 2.18 bits per heavy atom. The first-order valence-corrected chi connectivity index (χ1v) is 5.32. The van der Waals surface area contributed by atoms with Gasteiger partial charge < -0.3 is 10.4 Å². The number of nitrogens with zero attached hydrogens (tertiary/aromatic N) is 2. The zero-order valence-corrected chi connectivity index (χ0v) is 10.1. The number of anilines is 1. The molecule has 2 N–H and O–H groups in total. The minimum atomic E-state index is -0.930. The molecule has 0 saturated heterocycles. The van der Waals surface area contributed by atoms with E-state index in [4.69, 9.17) is 10.4 Å². The zero-order valence-electron chi connectivity index (χ0n) is 10.1. The molecule has 0 aliphatic carbocycles. The van der Waals surface area contributed by atoms with Crippen LogP contribution in [0, 0.1) is 24.2 Å². The maximum atomic E-state index is 11.0. The molecule has 0 bridgehead atoms. The molecule has 1 heterocycles. The maximum absolute atomic E-state index is 11.0. The first kappa shape index (κ1) is 13.0. The average Bonchev–Trinajstić information content (AvgIpc) is 2.26. The van der Waals surface area contributed by atoms with E-state index in [1.807, 2.05) is 19.9 Å². The largest absolute Gasteiger partial charge is 0.480 e. The van der Waals surface area contributed by atoms with Crippen LogP contribution in [0.25, 0.3) is 0 Å². The third kappa shape index (κ3) is 3.18. The standard InChI is InChI=1S/C12H15N3O2/c1-7(2)11(12(16)17)15-10-5-4-8(3)9(6-13)14-10/h4-5,7,11H,1-3H3,(H,14,15)(H,16,17)/t11-/m0/s1. The number of hydrogen-bond donors (Lipinski definition) is 2. The summed E-state index contributed by atoms with van der Waals surface area (Å²) in [5, 5.41) is 20.7. The number of carboxylic acids is 1. The van der Waals surface area contributed by atoms with E-state index in [-0.39, 0.29) is 5.92 Å². The predicted molar refractivity (Wildman–Crippen MR) is 63.6 cm³/mol. The molecule has 0 amide bonds. The van der Waals surface area contributed by atoms with Gasteiger partial charge in [-0.15, -0.1) is 0 Å².